The first-order valence-corrected chi connectivity index (χ1v) is 6.97. The van der Waals surface area contributed by atoms with E-state index < -0.39 is 0 Å². The predicted molar refractivity (Wildman–Crippen MR) is 83.5 cm³/mol. The van der Waals surface area contributed by atoms with Gasteiger partial charge in [0.1, 0.15) is 17.8 Å². The van der Waals surface area contributed by atoms with Crippen LogP contribution in [0.1, 0.15) is 17.0 Å². The third-order valence-electron chi connectivity index (χ3n) is 3.37. The Hall–Kier alpha value is -2.00. The van der Waals surface area contributed by atoms with Gasteiger partial charge in [-0.1, -0.05) is 23.7 Å². The van der Waals surface area contributed by atoms with Gasteiger partial charge in [-0.2, -0.15) is 0 Å². The minimum absolute atomic E-state index is 0.295. The van der Waals surface area contributed by atoms with Gasteiger partial charge in [0.2, 0.25) is 0 Å². The molecule has 0 N–H and O–H groups in total. The first-order chi connectivity index (χ1) is 10.2. The minimum Gasteiger partial charge on any atom is -0.497 e. The lowest BCUT2D eigenvalue weighted by molar-refractivity contribution is -0.109. The van der Waals surface area contributed by atoms with Crippen LogP contribution >= 0.6 is 11.6 Å². The third-order valence-corrected chi connectivity index (χ3v) is 3.62. The molecular formula is C17H17ClO3. The molecule has 3 nitrogen and oxygen atoms in total. The van der Waals surface area contributed by atoms with Crippen molar-refractivity contribution in [3.8, 4) is 11.5 Å². The van der Waals surface area contributed by atoms with Crippen LogP contribution in [-0.4, -0.2) is 20.5 Å². The number of rotatable bonds is 6. The Morgan fingerprint density at radius 1 is 1.10 bits per heavy atom. The topological polar surface area (TPSA) is 35.5 Å². The molecule has 0 spiro atoms. The summed E-state index contributed by atoms with van der Waals surface area (Å²) in [5.74, 6) is 1.09. The number of hydrogen-bond acceptors (Lipinski definition) is 3. The quantitative estimate of drug-likeness (QED) is 0.760. The summed E-state index contributed by atoms with van der Waals surface area (Å²) in [6, 6.07) is 13.0. The predicted octanol–water partition coefficient (Wildman–Crippen LogP) is 3.88. The van der Waals surface area contributed by atoms with Gasteiger partial charge in [-0.25, -0.2) is 0 Å². The zero-order chi connectivity index (χ0) is 15.2. The molecule has 0 aliphatic heterocycles. The highest BCUT2D eigenvalue weighted by atomic mass is 35.5. The molecule has 0 radical (unpaired) electrons. The lowest BCUT2D eigenvalue weighted by Crippen LogP contribution is -2.07. The molecule has 110 valence electrons. The number of hydrogen-bond donors (Lipinski definition) is 0. The Morgan fingerprint density at radius 2 is 1.81 bits per heavy atom. The van der Waals surface area contributed by atoms with E-state index in [1.165, 1.54) is 0 Å². The summed E-state index contributed by atoms with van der Waals surface area (Å²) in [5.41, 5.74) is 1.86. The van der Waals surface area contributed by atoms with Crippen molar-refractivity contribution in [1.29, 1.82) is 0 Å². The largest absolute Gasteiger partial charge is 0.497 e. The van der Waals surface area contributed by atoms with Crippen LogP contribution in [0.4, 0.5) is 0 Å². The summed E-state index contributed by atoms with van der Waals surface area (Å²) in [5, 5.41) is 0.681. The van der Waals surface area contributed by atoms with Crippen molar-refractivity contribution >= 4 is 17.9 Å². The molecule has 2 aromatic rings. The fourth-order valence-electron chi connectivity index (χ4n) is 2.23. The van der Waals surface area contributed by atoms with Crippen molar-refractivity contribution in [3.63, 3.8) is 0 Å². The van der Waals surface area contributed by atoms with Crippen molar-refractivity contribution in [2.24, 2.45) is 0 Å². The summed E-state index contributed by atoms with van der Waals surface area (Å²) in [4.78, 5) is 11.5. The Bertz CT molecular complexity index is 608. The van der Waals surface area contributed by atoms with Crippen molar-refractivity contribution < 1.29 is 14.3 Å². The summed E-state index contributed by atoms with van der Waals surface area (Å²) in [7, 11) is 3.19. The molecule has 0 amide bonds. The molecular weight excluding hydrogens is 288 g/mol. The van der Waals surface area contributed by atoms with E-state index in [1.54, 1.807) is 14.2 Å². The normalized spacial score (nSPS) is 11.8. The zero-order valence-electron chi connectivity index (χ0n) is 12.0. The molecule has 2 aromatic carbocycles. The molecule has 0 saturated carbocycles. The Kier molecular flexibility index (Phi) is 5.23. The average molecular weight is 305 g/mol. The summed E-state index contributed by atoms with van der Waals surface area (Å²) in [6.07, 6.45) is 1.52. The monoisotopic (exact) mass is 304 g/mol. The van der Waals surface area contributed by atoms with Gasteiger partial charge in [-0.15, -0.1) is 0 Å². The number of carbonyl (C=O) groups is 1. The highest BCUT2D eigenvalue weighted by molar-refractivity contribution is 6.30. The smallest absolute Gasteiger partial charge is 0.127 e. The van der Waals surface area contributed by atoms with E-state index in [9.17, 15) is 4.79 Å². The lowest BCUT2D eigenvalue weighted by atomic mass is 9.92. The SMILES string of the molecule is COc1ccc(OC)c(C(C=O)Cc2ccc(Cl)cc2)c1. The molecule has 0 heterocycles. The van der Waals surface area contributed by atoms with Crippen LogP contribution in [-0.2, 0) is 11.2 Å². The van der Waals surface area contributed by atoms with Crippen LogP contribution in [0.15, 0.2) is 42.5 Å². The second-order valence-corrected chi connectivity index (χ2v) is 5.12. The molecule has 0 aliphatic carbocycles. The number of aldehydes is 1. The lowest BCUT2D eigenvalue weighted by Gasteiger charge is -2.16. The van der Waals surface area contributed by atoms with E-state index in [0.717, 1.165) is 17.4 Å². The second-order valence-electron chi connectivity index (χ2n) is 4.68. The third kappa shape index (κ3) is 3.76. The Morgan fingerprint density at radius 3 is 2.38 bits per heavy atom. The van der Waals surface area contributed by atoms with Crippen LogP contribution in [0.5, 0.6) is 11.5 Å². The van der Waals surface area contributed by atoms with E-state index >= 15 is 0 Å². The highest BCUT2D eigenvalue weighted by Crippen LogP contribution is 2.31. The maximum absolute atomic E-state index is 11.5. The fraction of sp³-hybridized carbons (Fsp3) is 0.235. The molecule has 0 bridgehead atoms. The fourth-order valence-corrected chi connectivity index (χ4v) is 2.36. The Balaban J connectivity index is 2.31. The van der Waals surface area contributed by atoms with E-state index in [0.29, 0.717) is 22.9 Å². The standard InChI is InChI=1S/C17H17ClO3/c1-20-15-7-8-17(21-2)16(10-15)13(11-19)9-12-3-5-14(18)6-4-12/h3-8,10-11,13H,9H2,1-2H3. The van der Waals surface area contributed by atoms with Crippen molar-refractivity contribution in [2.45, 2.75) is 12.3 Å². The maximum atomic E-state index is 11.5. The second kappa shape index (κ2) is 7.14. The van der Waals surface area contributed by atoms with E-state index in [-0.39, 0.29) is 5.92 Å². The Labute approximate surface area is 129 Å². The molecule has 0 aliphatic rings. The van der Waals surface area contributed by atoms with Crippen molar-refractivity contribution in [1.82, 2.24) is 0 Å². The zero-order valence-corrected chi connectivity index (χ0v) is 12.8. The van der Waals surface area contributed by atoms with Crippen LogP contribution in [0.3, 0.4) is 0 Å². The minimum atomic E-state index is -0.295. The van der Waals surface area contributed by atoms with E-state index in [1.807, 2.05) is 42.5 Å². The van der Waals surface area contributed by atoms with Crippen LogP contribution in [0, 0.1) is 0 Å². The van der Waals surface area contributed by atoms with Gasteiger partial charge in [0.25, 0.3) is 0 Å². The number of halogens is 1. The maximum Gasteiger partial charge on any atom is 0.127 e. The van der Waals surface area contributed by atoms with Gasteiger partial charge in [0.05, 0.1) is 14.2 Å². The van der Waals surface area contributed by atoms with E-state index in [2.05, 4.69) is 0 Å². The van der Waals surface area contributed by atoms with Crippen LogP contribution in [0.25, 0.3) is 0 Å². The molecule has 0 saturated heterocycles. The molecule has 4 heteroatoms. The molecule has 1 unspecified atom stereocenters. The first-order valence-electron chi connectivity index (χ1n) is 6.59. The highest BCUT2D eigenvalue weighted by Gasteiger charge is 2.17. The van der Waals surface area contributed by atoms with Gasteiger partial charge < -0.3 is 14.3 Å². The molecule has 21 heavy (non-hydrogen) atoms. The number of benzene rings is 2. The van der Waals surface area contributed by atoms with Gasteiger partial charge in [-0.05, 0) is 42.3 Å². The first kappa shape index (κ1) is 15.4. The van der Waals surface area contributed by atoms with Gasteiger partial charge in [0, 0.05) is 16.5 Å². The molecule has 0 fully saturated rings. The summed E-state index contributed by atoms with van der Waals surface area (Å²) >= 11 is 5.88. The molecule has 2 rings (SSSR count). The summed E-state index contributed by atoms with van der Waals surface area (Å²) < 4.78 is 10.6. The number of ether oxygens (including phenoxy) is 2. The van der Waals surface area contributed by atoms with Crippen LogP contribution in [0.2, 0.25) is 5.02 Å². The summed E-state index contributed by atoms with van der Waals surface area (Å²) in [6.45, 7) is 0. The van der Waals surface area contributed by atoms with Gasteiger partial charge in [0.15, 0.2) is 0 Å². The number of methoxy groups -OCH3 is 2. The van der Waals surface area contributed by atoms with Gasteiger partial charge >= 0.3 is 0 Å². The average Bonchev–Trinajstić information content (AvgIpc) is 2.53. The van der Waals surface area contributed by atoms with Crippen molar-refractivity contribution in [3.05, 3.63) is 58.6 Å². The van der Waals surface area contributed by atoms with Gasteiger partial charge in [-0.3, -0.25) is 0 Å². The molecule has 1 atom stereocenters. The number of carbonyl (C=O) groups excluding carboxylic acids is 1. The van der Waals surface area contributed by atoms with E-state index in [4.69, 9.17) is 21.1 Å². The molecule has 0 aromatic heterocycles. The van der Waals surface area contributed by atoms with Crippen molar-refractivity contribution in [2.75, 3.05) is 14.2 Å². The van der Waals surface area contributed by atoms with Crippen LogP contribution < -0.4 is 9.47 Å².